The predicted octanol–water partition coefficient (Wildman–Crippen LogP) is 4.43. The first-order valence-corrected chi connectivity index (χ1v) is 8.58. The lowest BCUT2D eigenvalue weighted by Gasteiger charge is -2.33. The Labute approximate surface area is 121 Å². The molecular weight excluding hydrogens is 292 g/mol. The van der Waals surface area contributed by atoms with Gasteiger partial charge in [0.25, 0.3) is 0 Å². The Bertz CT molecular complexity index is 211. The number of hydrogen-bond donors (Lipinski definition) is 1. The average molecular weight is 321 g/mol. The summed E-state index contributed by atoms with van der Waals surface area (Å²) in [6, 6.07) is 0. The van der Waals surface area contributed by atoms with E-state index in [9.17, 15) is 5.11 Å². The van der Waals surface area contributed by atoms with E-state index in [0.29, 0.717) is 4.83 Å². The second-order valence-electron chi connectivity index (χ2n) is 5.48. The lowest BCUT2D eigenvalue weighted by Crippen LogP contribution is -2.38. The maximum atomic E-state index is 10.2. The molecular formula is C15H29BrO2. The molecule has 4 atom stereocenters. The van der Waals surface area contributed by atoms with Crippen LogP contribution in [0.1, 0.15) is 71.6 Å². The van der Waals surface area contributed by atoms with Crippen LogP contribution in [0.25, 0.3) is 0 Å². The van der Waals surface area contributed by atoms with Crippen LogP contribution in [0.15, 0.2) is 0 Å². The minimum Gasteiger partial charge on any atom is -0.390 e. The summed E-state index contributed by atoms with van der Waals surface area (Å²) >= 11 is 3.72. The number of aliphatic hydroxyl groups is 1. The first-order chi connectivity index (χ1) is 8.69. The van der Waals surface area contributed by atoms with Crippen LogP contribution in [0.4, 0.5) is 0 Å². The molecule has 0 aliphatic carbocycles. The molecule has 1 rings (SSSR count). The Balaban J connectivity index is 2.51. The van der Waals surface area contributed by atoms with Gasteiger partial charge >= 0.3 is 0 Å². The minimum atomic E-state index is -0.263. The van der Waals surface area contributed by atoms with Gasteiger partial charge in [-0.1, -0.05) is 61.9 Å². The molecule has 0 bridgehead atoms. The molecule has 1 aliphatic heterocycles. The molecule has 0 radical (unpaired) electrons. The summed E-state index contributed by atoms with van der Waals surface area (Å²) in [5.74, 6) is 0. The summed E-state index contributed by atoms with van der Waals surface area (Å²) < 4.78 is 6.21. The Hall–Kier alpha value is 0.400. The number of ether oxygens (including phenoxy) is 1. The van der Waals surface area contributed by atoms with Crippen LogP contribution in [0.3, 0.4) is 0 Å². The molecule has 108 valence electrons. The molecule has 1 N–H and O–H groups in total. The summed E-state index contributed by atoms with van der Waals surface area (Å²) in [6.45, 7) is 4.40. The van der Waals surface area contributed by atoms with Gasteiger partial charge < -0.3 is 9.84 Å². The Morgan fingerprint density at radius 1 is 1.22 bits per heavy atom. The average Bonchev–Trinajstić information content (AvgIpc) is 2.37. The van der Waals surface area contributed by atoms with E-state index in [-0.39, 0.29) is 18.3 Å². The van der Waals surface area contributed by atoms with Gasteiger partial charge in [0.2, 0.25) is 0 Å². The molecule has 2 nitrogen and oxygen atoms in total. The molecule has 0 saturated carbocycles. The molecule has 3 heteroatoms. The Morgan fingerprint density at radius 3 is 2.61 bits per heavy atom. The van der Waals surface area contributed by atoms with E-state index < -0.39 is 0 Å². The molecule has 18 heavy (non-hydrogen) atoms. The lowest BCUT2D eigenvalue weighted by molar-refractivity contribution is -0.0942. The van der Waals surface area contributed by atoms with Crippen molar-refractivity contribution in [2.24, 2.45) is 0 Å². The van der Waals surface area contributed by atoms with Gasteiger partial charge in [0.1, 0.15) is 0 Å². The molecule has 1 saturated heterocycles. The molecule has 0 amide bonds. The van der Waals surface area contributed by atoms with E-state index in [4.69, 9.17) is 4.74 Å². The minimum absolute atomic E-state index is 0.0495. The van der Waals surface area contributed by atoms with Crippen LogP contribution in [0.2, 0.25) is 0 Å². The van der Waals surface area contributed by atoms with E-state index in [1.165, 1.54) is 25.7 Å². The monoisotopic (exact) mass is 320 g/mol. The third-order valence-electron chi connectivity index (χ3n) is 3.90. The standard InChI is InChI=1S/C15H29BrO2/c1-3-5-6-11-15-13(17)9-7-8-10-14(18-15)12(16)4-2/h12-15,17H,3-11H2,1-2H3/t12?,13-,14+,15-/m0/s1. The van der Waals surface area contributed by atoms with E-state index in [1.807, 2.05) is 0 Å². The first kappa shape index (κ1) is 16.5. The number of rotatable bonds is 6. The molecule has 1 unspecified atom stereocenters. The van der Waals surface area contributed by atoms with Crippen molar-refractivity contribution in [2.45, 2.75) is 94.8 Å². The van der Waals surface area contributed by atoms with Gasteiger partial charge in [-0.2, -0.15) is 0 Å². The number of aliphatic hydroxyl groups excluding tert-OH is 1. The zero-order chi connectivity index (χ0) is 13.4. The normalized spacial score (nSPS) is 31.7. The largest absolute Gasteiger partial charge is 0.390 e. The molecule has 1 aliphatic rings. The van der Waals surface area contributed by atoms with Crippen LogP contribution in [0.5, 0.6) is 0 Å². The highest BCUT2D eigenvalue weighted by atomic mass is 79.9. The molecule has 1 heterocycles. The van der Waals surface area contributed by atoms with Crippen molar-refractivity contribution in [2.75, 3.05) is 0 Å². The Kier molecular flexibility index (Phi) is 8.53. The maximum absolute atomic E-state index is 10.2. The van der Waals surface area contributed by atoms with Gasteiger partial charge in [-0.3, -0.25) is 0 Å². The van der Waals surface area contributed by atoms with E-state index >= 15 is 0 Å². The van der Waals surface area contributed by atoms with E-state index in [1.54, 1.807) is 0 Å². The highest BCUT2D eigenvalue weighted by Crippen LogP contribution is 2.27. The van der Waals surface area contributed by atoms with Crippen molar-refractivity contribution in [1.82, 2.24) is 0 Å². The predicted molar refractivity (Wildman–Crippen MR) is 80.3 cm³/mol. The summed E-state index contributed by atoms with van der Waals surface area (Å²) in [4.78, 5) is 0.427. The van der Waals surface area contributed by atoms with Crippen molar-refractivity contribution >= 4 is 15.9 Å². The van der Waals surface area contributed by atoms with Crippen LogP contribution in [-0.2, 0) is 4.74 Å². The van der Waals surface area contributed by atoms with Crippen LogP contribution in [0, 0.1) is 0 Å². The fourth-order valence-corrected chi connectivity index (χ4v) is 3.04. The smallest absolute Gasteiger partial charge is 0.0838 e. The van der Waals surface area contributed by atoms with Crippen molar-refractivity contribution in [3.05, 3.63) is 0 Å². The van der Waals surface area contributed by atoms with E-state index in [0.717, 1.165) is 32.1 Å². The van der Waals surface area contributed by atoms with Gasteiger partial charge in [0.05, 0.1) is 18.3 Å². The van der Waals surface area contributed by atoms with Gasteiger partial charge in [0, 0.05) is 4.83 Å². The number of unbranched alkanes of at least 4 members (excludes halogenated alkanes) is 2. The number of halogens is 1. The van der Waals surface area contributed by atoms with Crippen LogP contribution in [-0.4, -0.2) is 28.2 Å². The lowest BCUT2D eigenvalue weighted by atomic mass is 9.96. The summed E-state index contributed by atoms with van der Waals surface area (Å²) in [7, 11) is 0. The molecule has 0 aromatic heterocycles. The van der Waals surface area contributed by atoms with Gasteiger partial charge in [-0.25, -0.2) is 0 Å². The van der Waals surface area contributed by atoms with E-state index in [2.05, 4.69) is 29.8 Å². The van der Waals surface area contributed by atoms with Crippen LogP contribution < -0.4 is 0 Å². The quantitative estimate of drug-likeness (QED) is 0.579. The second kappa shape index (κ2) is 9.33. The third kappa shape index (κ3) is 5.58. The van der Waals surface area contributed by atoms with Crippen molar-refractivity contribution in [3.63, 3.8) is 0 Å². The van der Waals surface area contributed by atoms with Crippen LogP contribution >= 0.6 is 15.9 Å². The Morgan fingerprint density at radius 2 is 1.94 bits per heavy atom. The number of alkyl halides is 1. The summed E-state index contributed by atoms with van der Waals surface area (Å²) in [6.07, 6.45) is 10.1. The highest BCUT2D eigenvalue weighted by molar-refractivity contribution is 9.09. The van der Waals surface area contributed by atoms with Gasteiger partial charge in [-0.05, 0) is 25.7 Å². The zero-order valence-corrected chi connectivity index (χ0v) is 13.5. The second-order valence-corrected chi connectivity index (χ2v) is 6.66. The molecule has 0 aromatic carbocycles. The summed E-state index contributed by atoms with van der Waals surface area (Å²) in [5.41, 5.74) is 0. The molecule has 0 aromatic rings. The fourth-order valence-electron chi connectivity index (χ4n) is 2.65. The van der Waals surface area contributed by atoms with Crippen molar-refractivity contribution in [3.8, 4) is 0 Å². The first-order valence-electron chi connectivity index (χ1n) is 7.66. The highest BCUT2D eigenvalue weighted by Gasteiger charge is 2.28. The van der Waals surface area contributed by atoms with Crippen molar-refractivity contribution < 1.29 is 9.84 Å². The molecule has 0 spiro atoms. The topological polar surface area (TPSA) is 29.5 Å². The van der Waals surface area contributed by atoms with Crippen molar-refractivity contribution in [1.29, 1.82) is 0 Å². The van der Waals surface area contributed by atoms with Gasteiger partial charge in [-0.15, -0.1) is 0 Å². The SMILES string of the molecule is CCCCC[C@@H]1O[C@@H](C(Br)CC)CCCC[C@@H]1O. The third-order valence-corrected chi connectivity index (χ3v) is 5.14. The maximum Gasteiger partial charge on any atom is 0.0838 e. The molecule has 1 fully saturated rings. The zero-order valence-electron chi connectivity index (χ0n) is 11.9. The fraction of sp³-hybridized carbons (Fsp3) is 1.00. The summed E-state index contributed by atoms with van der Waals surface area (Å²) in [5, 5.41) is 10.2. The van der Waals surface area contributed by atoms with Gasteiger partial charge in [0.15, 0.2) is 0 Å². The number of hydrogen-bond acceptors (Lipinski definition) is 2.